The average molecular weight is 644 g/mol. The van der Waals surface area contributed by atoms with Crippen LogP contribution < -0.4 is 5.32 Å². The van der Waals surface area contributed by atoms with Crippen molar-refractivity contribution in [3.8, 4) is 0 Å². The average Bonchev–Trinajstić information content (AvgIpc) is 3.40. The lowest BCUT2D eigenvalue weighted by atomic mass is 9.57. The van der Waals surface area contributed by atoms with Crippen LogP contribution in [0.4, 0.5) is 19.7 Å². The Kier molecular flexibility index (Phi) is 10.1. The summed E-state index contributed by atoms with van der Waals surface area (Å²) in [5, 5.41) is 2.82. The molecule has 8 nitrogen and oxygen atoms in total. The fourth-order valence-electron chi connectivity index (χ4n) is 8.65. The number of ether oxygens (including phenoxy) is 2. The summed E-state index contributed by atoms with van der Waals surface area (Å²) in [4.78, 5) is 30.8. The molecule has 2 heterocycles. The van der Waals surface area contributed by atoms with E-state index in [1.807, 2.05) is 12.0 Å². The Morgan fingerprint density at radius 2 is 1.84 bits per heavy atom. The summed E-state index contributed by atoms with van der Waals surface area (Å²) in [6.45, 7) is 17.4. The van der Waals surface area contributed by atoms with Gasteiger partial charge in [-0.3, -0.25) is 0 Å². The molecule has 6 atom stereocenters. The van der Waals surface area contributed by atoms with Gasteiger partial charge in [0.2, 0.25) is 0 Å². The highest BCUT2D eigenvalue weighted by Crippen LogP contribution is 2.62. The molecule has 250 valence electrons. The van der Waals surface area contributed by atoms with Crippen LogP contribution in [0.3, 0.4) is 0 Å². The van der Waals surface area contributed by atoms with E-state index in [1.165, 1.54) is 6.07 Å². The zero-order valence-corrected chi connectivity index (χ0v) is 29.1. The summed E-state index contributed by atoms with van der Waals surface area (Å²) in [6.07, 6.45) is 7.45. The normalized spacial score (nSPS) is 29.6. The third kappa shape index (κ3) is 6.84. The maximum Gasteiger partial charge on any atom is 0.410 e. The Balaban J connectivity index is 1.43. The Morgan fingerprint density at radius 3 is 2.49 bits per heavy atom. The molecule has 0 aromatic heterocycles. The molecule has 1 aromatic rings. The summed E-state index contributed by atoms with van der Waals surface area (Å²) in [6, 6.07) is 5.91. The molecule has 1 spiro atoms. The Bertz CT molecular complexity index is 1230. The molecule has 0 radical (unpaired) electrons. The van der Waals surface area contributed by atoms with E-state index in [-0.39, 0.29) is 52.9 Å². The van der Waals surface area contributed by atoms with Gasteiger partial charge in [0.05, 0.1) is 24.4 Å². The molecule has 5 rings (SSSR count). The SMILES string of the molecule is C=CCOC(=O)N1CC2(CCN(C(=O)Nc3ccccc3F)CC2)C2C3CCC(OC)CC3CC2[C@@H]1CO[Si](C)(C)C(C)(C)C. The number of fused-ring (bicyclic) bond motifs is 4. The quantitative estimate of drug-likeness (QED) is 0.245. The van der Waals surface area contributed by atoms with Crippen LogP contribution in [0.2, 0.25) is 18.1 Å². The van der Waals surface area contributed by atoms with Crippen molar-refractivity contribution in [2.24, 2.45) is 29.1 Å². The molecule has 2 aliphatic carbocycles. The van der Waals surface area contributed by atoms with Crippen LogP contribution in [-0.2, 0) is 13.9 Å². The number of anilines is 1. The van der Waals surface area contributed by atoms with Crippen molar-refractivity contribution in [3.05, 3.63) is 42.7 Å². The lowest BCUT2D eigenvalue weighted by Gasteiger charge is -2.58. The lowest BCUT2D eigenvalue weighted by Crippen LogP contribution is -2.64. The number of likely N-dealkylation sites (tertiary alicyclic amines) is 2. The van der Waals surface area contributed by atoms with Gasteiger partial charge in [0, 0.05) is 26.7 Å². The minimum atomic E-state index is -2.08. The highest BCUT2D eigenvalue weighted by molar-refractivity contribution is 6.74. The molecule has 2 aliphatic heterocycles. The first-order chi connectivity index (χ1) is 21.3. The highest BCUT2D eigenvalue weighted by Gasteiger charge is 2.62. The van der Waals surface area contributed by atoms with Gasteiger partial charge < -0.3 is 29.0 Å². The van der Waals surface area contributed by atoms with Gasteiger partial charge in [0.15, 0.2) is 8.32 Å². The van der Waals surface area contributed by atoms with Crippen LogP contribution in [0.1, 0.15) is 59.3 Å². The number of rotatable bonds is 7. The Labute approximate surface area is 270 Å². The van der Waals surface area contributed by atoms with Crippen molar-refractivity contribution in [1.29, 1.82) is 0 Å². The largest absolute Gasteiger partial charge is 0.445 e. The van der Waals surface area contributed by atoms with E-state index < -0.39 is 14.1 Å². The minimum Gasteiger partial charge on any atom is -0.445 e. The van der Waals surface area contributed by atoms with Gasteiger partial charge in [-0.2, -0.15) is 0 Å². The lowest BCUT2D eigenvalue weighted by molar-refractivity contribution is -0.0938. The fraction of sp³-hybridized carbons (Fsp3) is 0.714. The van der Waals surface area contributed by atoms with Crippen molar-refractivity contribution >= 4 is 26.1 Å². The number of piperidine rings is 2. The van der Waals surface area contributed by atoms with Gasteiger partial charge in [-0.05, 0) is 97.9 Å². The van der Waals surface area contributed by atoms with Crippen LogP contribution in [0.25, 0.3) is 0 Å². The molecular weight excluding hydrogens is 589 g/mol. The number of carbonyl (C=O) groups excluding carboxylic acids is 2. The molecule has 45 heavy (non-hydrogen) atoms. The predicted molar refractivity (Wildman–Crippen MR) is 177 cm³/mol. The summed E-state index contributed by atoms with van der Waals surface area (Å²) in [7, 11) is -0.253. The van der Waals surface area contributed by atoms with Gasteiger partial charge in [-0.1, -0.05) is 45.6 Å². The van der Waals surface area contributed by atoms with Crippen molar-refractivity contribution in [2.45, 2.75) is 89.6 Å². The van der Waals surface area contributed by atoms with Gasteiger partial charge in [-0.15, -0.1) is 0 Å². The molecular formula is C35H54FN3O5Si. The third-order valence-corrected chi connectivity index (χ3v) is 16.6. The molecule has 4 fully saturated rings. The van der Waals surface area contributed by atoms with Crippen molar-refractivity contribution in [3.63, 3.8) is 0 Å². The molecule has 1 aromatic carbocycles. The summed E-state index contributed by atoms with van der Waals surface area (Å²) in [5.74, 6) is 1.36. The minimum absolute atomic E-state index is 0.0574. The number of halogens is 1. The summed E-state index contributed by atoms with van der Waals surface area (Å²) < 4.78 is 32.8. The second-order valence-electron chi connectivity index (χ2n) is 15.4. The standard InChI is InChI=1S/C35H54FN3O5Si/c1-8-19-43-33(41)39-23-35(15-17-38(18-16-35)32(40)37-29-12-10-9-11-28(29)36)31-26-14-13-25(42-5)20-24(26)21-27(31)30(39)22-44-45(6,7)34(2,3)4/h8-12,24-27,30-31H,1,13-23H2,2-7H3,(H,37,40)/t24?,25?,26?,27?,30-,31?/m0/s1. The molecule has 1 N–H and O–H groups in total. The van der Waals surface area contributed by atoms with E-state index in [9.17, 15) is 14.0 Å². The zero-order valence-electron chi connectivity index (χ0n) is 28.1. The van der Waals surface area contributed by atoms with Gasteiger partial charge in [-0.25, -0.2) is 14.0 Å². The van der Waals surface area contributed by atoms with Crippen LogP contribution in [0.5, 0.6) is 0 Å². The number of methoxy groups -OCH3 is 1. The topological polar surface area (TPSA) is 80.3 Å². The number of hydrogen-bond acceptors (Lipinski definition) is 5. The number of carbonyl (C=O) groups is 2. The van der Waals surface area contributed by atoms with E-state index in [0.717, 1.165) is 38.5 Å². The van der Waals surface area contributed by atoms with Crippen molar-refractivity contribution < 1.29 is 27.9 Å². The smallest absolute Gasteiger partial charge is 0.410 e. The van der Waals surface area contributed by atoms with Crippen LogP contribution in [-0.4, -0.2) is 82.3 Å². The number of benzene rings is 1. The first-order valence-electron chi connectivity index (χ1n) is 16.8. The predicted octanol–water partition coefficient (Wildman–Crippen LogP) is 7.54. The van der Waals surface area contributed by atoms with E-state index in [0.29, 0.717) is 44.0 Å². The maximum atomic E-state index is 14.3. The Hall–Kier alpha value is -2.43. The number of amides is 3. The molecule has 5 unspecified atom stereocenters. The molecule has 10 heteroatoms. The number of para-hydroxylation sites is 1. The van der Waals surface area contributed by atoms with Crippen LogP contribution >= 0.6 is 0 Å². The van der Waals surface area contributed by atoms with Crippen molar-refractivity contribution in [1.82, 2.24) is 9.80 Å². The van der Waals surface area contributed by atoms with Gasteiger partial charge >= 0.3 is 12.1 Å². The fourth-order valence-corrected chi connectivity index (χ4v) is 9.67. The summed E-state index contributed by atoms with van der Waals surface area (Å²) in [5.41, 5.74) is 0.0502. The van der Waals surface area contributed by atoms with Gasteiger partial charge in [0.25, 0.3) is 0 Å². The van der Waals surface area contributed by atoms with E-state index in [2.05, 4.69) is 45.8 Å². The molecule has 2 saturated heterocycles. The molecule has 3 amide bonds. The second kappa shape index (κ2) is 13.4. The second-order valence-corrected chi connectivity index (χ2v) is 20.2. The van der Waals surface area contributed by atoms with E-state index >= 15 is 0 Å². The molecule has 4 aliphatic rings. The monoisotopic (exact) mass is 643 g/mol. The van der Waals surface area contributed by atoms with Crippen molar-refractivity contribution in [2.75, 3.05) is 45.3 Å². The first kappa shape index (κ1) is 33.9. The highest BCUT2D eigenvalue weighted by atomic mass is 28.4. The van der Waals surface area contributed by atoms with Crippen LogP contribution in [0, 0.1) is 34.9 Å². The van der Waals surface area contributed by atoms with E-state index in [1.54, 1.807) is 29.2 Å². The molecule has 0 bridgehead atoms. The number of urea groups is 1. The van der Waals surface area contributed by atoms with Crippen LogP contribution in [0.15, 0.2) is 36.9 Å². The number of hydrogen-bond donors (Lipinski definition) is 1. The zero-order chi connectivity index (χ0) is 32.6. The molecule has 2 saturated carbocycles. The summed E-state index contributed by atoms with van der Waals surface area (Å²) >= 11 is 0. The first-order valence-corrected chi connectivity index (χ1v) is 19.7. The van der Waals surface area contributed by atoms with E-state index in [4.69, 9.17) is 13.9 Å². The van der Waals surface area contributed by atoms with Gasteiger partial charge in [0.1, 0.15) is 12.4 Å². The number of nitrogens with one attached hydrogen (secondary N) is 1. The number of nitrogens with zero attached hydrogens (tertiary/aromatic N) is 2. The maximum absolute atomic E-state index is 14.3. The Morgan fingerprint density at radius 1 is 1.13 bits per heavy atom. The third-order valence-electron chi connectivity index (χ3n) is 12.1.